The fourth-order valence-corrected chi connectivity index (χ4v) is 3.16. The maximum atomic E-state index is 5.77. The van der Waals surface area contributed by atoms with Crippen LogP contribution < -0.4 is 10.6 Å². The van der Waals surface area contributed by atoms with Crippen LogP contribution in [0.1, 0.15) is 24.4 Å². The van der Waals surface area contributed by atoms with E-state index in [9.17, 15) is 0 Å². The maximum Gasteiger partial charge on any atom is 0.229 e. The summed E-state index contributed by atoms with van der Waals surface area (Å²) >= 11 is 1.52. The molecule has 3 rings (SSSR count). The van der Waals surface area contributed by atoms with Crippen molar-refractivity contribution in [1.82, 2.24) is 29.7 Å². The van der Waals surface area contributed by atoms with E-state index < -0.39 is 0 Å². The number of nitrogens with two attached hydrogens (primary N) is 1. The van der Waals surface area contributed by atoms with Crippen LogP contribution in [0, 0.1) is 0 Å². The summed E-state index contributed by atoms with van der Waals surface area (Å²) in [7, 11) is 3.73. The van der Waals surface area contributed by atoms with Gasteiger partial charge in [0.25, 0.3) is 0 Å². The number of nitrogen functional groups attached to an aromatic ring is 1. The van der Waals surface area contributed by atoms with Crippen LogP contribution >= 0.6 is 11.8 Å². The lowest BCUT2D eigenvalue weighted by atomic mass is 10.1. The lowest BCUT2D eigenvalue weighted by Crippen LogP contribution is -2.16. The first kappa shape index (κ1) is 17.2. The molecule has 2 N–H and O–H groups in total. The highest BCUT2D eigenvalue weighted by atomic mass is 32.2. The van der Waals surface area contributed by atoms with Gasteiger partial charge in [-0.05, 0) is 12.5 Å². The third-order valence-corrected chi connectivity index (χ3v) is 4.61. The number of aromatic nitrogens is 6. The molecule has 130 valence electrons. The SMILES string of the molecule is CC(c1ccccc1)n1cnnc1SCc1nc(N)nc(N(C)C)n1. The van der Waals surface area contributed by atoms with E-state index in [0.29, 0.717) is 17.5 Å². The topological polar surface area (TPSA) is 98.6 Å². The molecule has 0 aliphatic rings. The van der Waals surface area contributed by atoms with Gasteiger partial charge in [-0.3, -0.25) is 0 Å². The minimum Gasteiger partial charge on any atom is -0.368 e. The summed E-state index contributed by atoms with van der Waals surface area (Å²) in [6, 6.07) is 10.4. The summed E-state index contributed by atoms with van der Waals surface area (Å²) in [5.74, 6) is 1.91. The van der Waals surface area contributed by atoms with Gasteiger partial charge in [0.2, 0.25) is 11.9 Å². The van der Waals surface area contributed by atoms with Crippen molar-refractivity contribution in [2.24, 2.45) is 0 Å². The lowest BCUT2D eigenvalue weighted by molar-refractivity contribution is 0.582. The molecule has 25 heavy (non-hydrogen) atoms. The van der Waals surface area contributed by atoms with E-state index in [2.05, 4.69) is 44.2 Å². The normalized spacial score (nSPS) is 12.1. The van der Waals surface area contributed by atoms with E-state index in [1.54, 1.807) is 11.2 Å². The fourth-order valence-electron chi connectivity index (χ4n) is 2.31. The van der Waals surface area contributed by atoms with Crippen LogP contribution in [-0.2, 0) is 5.75 Å². The molecule has 0 fully saturated rings. The third-order valence-electron chi connectivity index (χ3n) is 3.66. The van der Waals surface area contributed by atoms with Gasteiger partial charge in [-0.25, -0.2) is 0 Å². The molecule has 0 spiro atoms. The molecule has 0 bridgehead atoms. The van der Waals surface area contributed by atoms with Crippen molar-refractivity contribution in [3.05, 3.63) is 48.0 Å². The Balaban J connectivity index is 1.76. The van der Waals surface area contributed by atoms with Gasteiger partial charge in [0.1, 0.15) is 12.2 Å². The minimum atomic E-state index is 0.138. The standard InChI is InChI=1S/C16H20N8S/c1-11(12-7-5-4-6-8-12)24-10-18-22-16(24)25-9-13-19-14(17)21-15(20-13)23(2)3/h4-8,10-11H,9H2,1-3H3,(H2,17,19,20,21). The molecule has 0 aliphatic carbocycles. The van der Waals surface area contributed by atoms with Crippen LogP contribution in [0.15, 0.2) is 41.8 Å². The second-order valence-corrected chi connectivity index (χ2v) is 6.64. The molecule has 9 heteroatoms. The van der Waals surface area contributed by atoms with Gasteiger partial charge in [0.15, 0.2) is 5.16 Å². The van der Waals surface area contributed by atoms with Crippen LogP contribution in [0.2, 0.25) is 0 Å². The number of hydrogen-bond donors (Lipinski definition) is 1. The first-order valence-electron chi connectivity index (χ1n) is 7.79. The van der Waals surface area contributed by atoms with Crippen LogP contribution in [0.25, 0.3) is 0 Å². The van der Waals surface area contributed by atoms with E-state index in [-0.39, 0.29) is 12.0 Å². The Bertz CT molecular complexity index is 833. The van der Waals surface area contributed by atoms with Crippen LogP contribution in [0.5, 0.6) is 0 Å². The highest BCUT2D eigenvalue weighted by molar-refractivity contribution is 7.98. The first-order chi connectivity index (χ1) is 12.0. The van der Waals surface area contributed by atoms with Crippen LogP contribution in [-0.4, -0.2) is 43.8 Å². The number of thioether (sulfide) groups is 1. The maximum absolute atomic E-state index is 5.77. The summed E-state index contributed by atoms with van der Waals surface area (Å²) < 4.78 is 2.04. The van der Waals surface area contributed by atoms with Crippen molar-refractivity contribution in [2.75, 3.05) is 24.7 Å². The zero-order valence-electron chi connectivity index (χ0n) is 14.4. The average Bonchev–Trinajstić information content (AvgIpc) is 3.08. The molecule has 0 aliphatic heterocycles. The molecule has 1 aromatic carbocycles. The Morgan fingerprint density at radius 3 is 2.64 bits per heavy atom. The van der Waals surface area contributed by atoms with Crippen molar-refractivity contribution in [3.8, 4) is 0 Å². The summed E-state index contributed by atoms with van der Waals surface area (Å²) in [4.78, 5) is 14.5. The summed E-state index contributed by atoms with van der Waals surface area (Å²) in [6.07, 6.45) is 1.74. The smallest absolute Gasteiger partial charge is 0.229 e. The molecule has 0 amide bonds. The molecule has 0 saturated carbocycles. The fraction of sp³-hybridized carbons (Fsp3) is 0.312. The van der Waals surface area contributed by atoms with Crippen molar-refractivity contribution < 1.29 is 0 Å². The Hall–Kier alpha value is -2.68. The Morgan fingerprint density at radius 1 is 1.16 bits per heavy atom. The Kier molecular flexibility index (Phi) is 5.13. The van der Waals surface area contributed by atoms with Gasteiger partial charge in [0, 0.05) is 14.1 Å². The second-order valence-electron chi connectivity index (χ2n) is 5.70. The van der Waals surface area contributed by atoms with Crippen molar-refractivity contribution in [2.45, 2.75) is 23.9 Å². The molecule has 0 radical (unpaired) electrons. The zero-order chi connectivity index (χ0) is 17.8. The number of rotatable bonds is 6. The van der Waals surface area contributed by atoms with Gasteiger partial charge in [-0.2, -0.15) is 15.0 Å². The number of anilines is 2. The second kappa shape index (κ2) is 7.47. The third kappa shape index (κ3) is 4.05. The van der Waals surface area contributed by atoms with E-state index in [4.69, 9.17) is 5.73 Å². The van der Waals surface area contributed by atoms with E-state index in [0.717, 1.165) is 5.16 Å². The number of nitrogens with zero attached hydrogens (tertiary/aromatic N) is 7. The van der Waals surface area contributed by atoms with Gasteiger partial charge in [-0.15, -0.1) is 10.2 Å². The molecule has 1 atom stereocenters. The molecule has 1 unspecified atom stereocenters. The van der Waals surface area contributed by atoms with E-state index in [1.807, 2.05) is 36.9 Å². The first-order valence-corrected chi connectivity index (χ1v) is 8.78. The number of hydrogen-bond acceptors (Lipinski definition) is 8. The van der Waals surface area contributed by atoms with E-state index in [1.165, 1.54) is 17.3 Å². The largest absolute Gasteiger partial charge is 0.368 e. The Morgan fingerprint density at radius 2 is 1.92 bits per heavy atom. The quantitative estimate of drug-likeness (QED) is 0.670. The molecule has 3 aromatic rings. The molecular formula is C16H20N8S. The molecular weight excluding hydrogens is 336 g/mol. The predicted molar refractivity (Wildman–Crippen MR) is 98.4 cm³/mol. The molecule has 0 saturated heterocycles. The summed E-state index contributed by atoms with van der Waals surface area (Å²) in [5, 5.41) is 9.08. The Labute approximate surface area is 150 Å². The highest BCUT2D eigenvalue weighted by Crippen LogP contribution is 2.26. The van der Waals surface area contributed by atoms with Crippen molar-refractivity contribution >= 4 is 23.7 Å². The highest BCUT2D eigenvalue weighted by Gasteiger charge is 2.14. The molecule has 2 heterocycles. The van der Waals surface area contributed by atoms with Crippen molar-refractivity contribution in [3.63, 3.8) is 0 Å². The summed E-state index contributed by atoms with van der Waals surface area (Å²) in [5.41, 5.74) is 6.97. The van der Waals surface area contributed by atoms with Gasteiger partial charge in [-0.1, -0.05) is 42.1 Å². The number of benzene rings is 1. The van der Waals surface area contributed by atoms with Crippen LogP contribution in [0.3, 0.4) is 0 Å². The van der Waals surface area contributed by atoms with Gasteiger partial charge in [0.05, 0.1) is 11.8 Å². The molecule has 2 aromatic heterocycles. The van der Waals surface area contributed by atoms with Gasteiger partial charge >= 0.3 is 0 Å². The minimum absolute atomic E-state index is 0.138. The van der Waals surface area contributed by atoms with Crippen molar-refractivity contribution in [1.29, 1.82) is 0 Å². The summed E-state index contributed by atoms with van der Waals surface area (Å²) in [6.45, 7) is 2.12. The predicted octanol–water partition coefficient (Wildman–Crippen LogP) is 2.01. The monoisotopic (exact) mass is 356 g/mol. The lowest BCUT2D eigenvalue weighted by Gasteiger charge is -2.15. The van der Waals surface area contributed by atoms with E-state index >= 15 is 0 Å². The van der Waals surface area contributed by atoms with Gasteiger partial charge < -0.3 is 15.2 Å². The van der Waals surface area contributed by atoms with Crippen LogP contribution in [0.4, 0.5) is 11.9 Å². The zero-order valence-corrected chi connectivity index (χ0v) is 15.2. The average molecular weight is 356 g/mol. The molecule has 8 nitrogen and oxygen atoms in total.